The summed E-state index contributed by atoms with van der Waals surface area (Å²) in [5.41, 5.74) is 9.47. The quantitative estimate of drug-likeness (QED) is 0.504. The molecule has 0 aromatic heterocycles. The van der Waals surface area contributed by atoms with Crippen LogP contribution in [0.2, 0.25) is 0 Å². The molecule has 1 atom stereocenters. The van der Waals surface area contributed by atoms with Crippen molar-refractivity contribution in [3.63, 3.8) is 0 Å². The Morgan fingerprint density at radius 3 is 3.00 bits per heavy atom. The van der Waals surface area contributed by atoms with Crippen LogP contribution in [0.15, 0.2) is 18.2 Å². The van der Waals surface area contributed by atoms with E-state index in [0.717, 1.165) is 18.8 Å². The zero-order chi connectivity index (χ0) is 9.26. The van der Waals surface area contributed by atoms with Crippen LogP contribution in [0.4, 0.5) is 5.69 Å². The van der Waals surface area contributed by atoms with Gasteiger partial charge in [0.05, 0.1) is 0 Å². The summed E-state index contributed by atoms with van der Waals surface area (Å²) < 4.78 is 2.27. The normalized spacial score (nSPS) is 17.9. The summed E-state index contributed by atoms with van der Waals surface area (Å²) in [6.45, 7) is 2.16. The van der Waals surface area contributed by atoms with Crippen molar-refractivity contribution >= 4 is 15.1 Å². The average molecular weight is 194 g/mol. The van der Waals surface area contributed by atoms with Crippen molar-refractivity contribution in [3.8, 4) is 0 Å². The molecule has 2 N–H and O–H groups in total. The van der Waals surface area contributed by atoms with E-state index in [1.807, 2.05) is 6.07 Å². The fraction of sp³-hybridized carbons (Fsp3) is 0.400. The minimum Gasteiger partial charge on any atom is -0.399 e. The monoisotopic (exact) mass is 194 g/mol. The number of hydrogen-bond donors (Lipinski definition) is 1. The van der Waals surface area contributed by atoms with Crippen molar-refractivity contribution in [2.24, 2.45) is 0 Å². The van der Waals surface area contributed by atoms with Crippen molar-refractivity contribution in [1.82, 2.24) is 4.67 Å². The number of nitrogen functional groups attached to an aromatic ring is 1. The molecule has 3 heteroatoms. The maximum atomic E-state index is 5.75. The molecule has 13 heavy (non-hydrogen) atoms. The predicted octanol–water partition coefficient (Wildman–Crippen LogP) is 1.81. The van der Waals surface area contributed by atoms with Gasteiger partial charge in [-0.3, -0.25) is 4.67 Å². The number of anilines is 1. The fourth-order valence-corrected chi connectivity index (χ4v) is 2.19. The van der Waals surface area contributed by atoms with Gasteiger partial charge in [0.25, 0.3) is 0 Å². The van der Waals surface area contributed by atoms with Crippen LogP contribution in [0, 0.1) is 0 Å². The summed E-state index contributed by atoms with van der Waals surface area (Å²) in [6.07, 6.45) is 2.42. The molecule has 1 aliphatic rings. The molecule has 0 bridgehead atoms. The highest BCUT2D eigenvalue weighted by atomic mass is 31.0. The third-order valence-corrected chi connectivity index (χ3v) is 2.94. The Hall–Kier alpha value is -0.590. The molecule has 1 unspecified atom stereocenters. The lowest BCUT2D eigenvalue weighted by molar-refractivity contribution is 0.470. The summed E-state index contributed by atoms with van der Waals surface area (Å²) in [7, 11) is 2.77. The predicted molar refractivity (Wildman–Crippen MR) is 59.3 cm³/mol. The first kappa shape index (κ1) is 8.98. The first-order valence-corrected chi connectivity index (χ1v) is 5.14. The largest absolute Gasteiger partial charge is 0.399 e. The van der Waals surface area contributed by atoms with E-state index in [1.54, 1.807) is 0 Å². The number of rotatable bonds is 0. The molecule has 1 heterocycles. The van der Waals surface area contributed by atoms with Crippen LogP contribution < -0.4 is 5.73 Å². The van der Waals surface area contributed by atoms with Crippen molar-refractivity contribution < 1.29 is 0 Å². The Balaban J connectivity index is 2.35. The lowest BCUT2D eigenvalue weighted by atomic mass is 10.0. The highest BCUT2D eigenvalue weighted by Crippen LogP contribution is 2.22. The number of nitrogens with two attached hydrogens (primary N) is 1. The topological polar surface area (TPSA) is 29.3 Å². The number of benzene rings is 1. The smallest absolute Gasteiger partial charge is 0.0317 e. The van der Waals surface area contributed by atoms with Crippen LogP contribution in [-0.2, 0) is 13.0 Å². The molecule has 0 amide bonds. The third-order valence-electron chi connectivity index (χ3n) is 2.50. The molecule has 0 aliphatic carbocycles. The Labute approximate surface area is 81.4 Å². The number of nitrogens with zero attached hydrogens (tertiary/aromatic N) is 1. The molecule has 0 saturated carbocycles. The van der Waals surface area contributed by atoms with E-state index in [-0.39, 0.29) is 0 Å². The van der Waals surface area contributed by atoms with E-state index >= 15 is 0 Å². The van der Waals surface area contributed by atoms with Gasteiger partial charge >= 0.3 is 0 Å². The lowest BCUT2D eigenvalue weighted by Gasteiger charge is -2.13. The second kappa shape index (κ2) is 3.65. The molecule has 1 aromatic rings. The van der Waals surface area contributed by atoms with E-state index < -0.39 is 0 Å². The van der Waals surface area contributed by atoms with Crippen LogP contribution in [0.5, 0.6) is 0 Å². The summed E-state index contributed by atoms with van der Waals surface area (Å²) >= 11 is 0. The molecule has 1 aliphatic heterocycles. The summed E-state index contributed by atoms with van der Waals surface area (Å²) in [4.78, 5) is 0. The maximum absolute atomic E-state index is 5.75. The second-order valence-corrected chi connectivity index (χ2v) is 4.33. The van der Waals surface area contributed by atoms with Crippen LogP contribution >= 0.6 is 9.39 Å². The number of fused-ring (bicyclic) bond motifs is 1. The molecule has 0 fully saturated rings. The van der Waals surface area contributed by atoms with Crippen LogP contribution in [-0.4, -0.2) is 11.2 Å². The van der Waals surface area contributed by atoms with Crippen LogP contribution in [0.1, 0.15) is 17.5 Å². The van der Waals surface area contributed by atoms with Gasteiger partial charge in [0.15, 0.2) is 0 Å². The molecule has 0 saturated heterocycles. The molecule has 2 nitrogen and oxygen atoms in total. The van der Waals surface area contributed by atoms with Gasteiger partial charge in [-0.05, 0) is 36.1 Å². The second-order valence-electron chi connectivity index (χ2n) is 3.60. The minimum absolute atomic E-state index is 0.874. The number of hydrogen-bond acceptors (Lipinski definition) is 2. The van der Waals surface area contributed by atoms with Gasteiger partial charge in [-0.25, -0.2) is 0 Å². The van der Waals surface area contributed by atoms with E-state index in [4.69, 9.17) is 5.73 Å². The van der Waals surface area contributed by atoms with Crippen molar-refractivity contribution in [1.29, 1.82) is 0 Å². The summed E-state index contributed by atoms with van der Waals surface area (Å²) in [6, 6.07) is 6.25. The van der Waals surface area contributed by atoms with Crippen molar-refractivity contribution in [2.45, 2.75) is 19.4 Å². The Kier molecular flexibility index (Phi) is 2.52. The highest BCUT2D eigenvalue weighted by molar-refractivity contribution is 7.13. The molecule has 70 valence electrons. The molecule has 2 rings (SSSR count). The Bertz CT molecular complexity index is 312. The van der Waals surface area contributed by atoms with Gasteiger partial charge in [0, 0.05) is 18.8 Å². The van der Waals surface area contributed by atoms with E-state index in [9.17, 15) is 0 Å². The number of aryl methyl sites for hydroxylation is 1. The molecule has 0 spiro atoms. The standard InChI is InChI=1S/C10H15N2P/c11-10-4-3-8-2-1-5-12(13)7-9(8)6-10/h3-4,6H,1-2,5,7,11,13H2. The first-order valence-electron chi connectivity index (χ1n) is 4.62. The zero-order valence-corrected chi connectivity index (χ0v) is 8.82. The summed E-state index contributed by atoms with van der Waals surface area (Å²) in [5, 5.41) is 0. The van der Waals surface area contributed by atoms with E-state index in [2.05, 4.69) is 26.2 Å². The molecule has 0 radical (unpaired) electrons. The first-order chi connectivity index (χ1) is 6.25. The van der Waals surface area contributed by atoms with Gasteiger partial charge < -0.3 is 5.73 Å². The maximum Gasteiger partial charge on any atom is 0.0317 e. The van der Waals surface area contributed by atoms with Crippen LogP contribution in [0.25, 0.3) is 0 Å². The van der Waals surface area contributed by atoms with Gasteiger partial charge in [-0.1, -0.05) is 15.5 Å². The van der Waals surface area contributed by atoms with Gasteiger partial charge in [-0.2, -0.15) is 0 Å². The molecule has 1 aromatic carbocycles. The summed E-state index contributed by atoms with van der Waals surface area (Å²) in [5.74, 6) is 0. The SMILES string of the molecule is Nc1ccc2c(c1)CN(P)CCC2. The van der Waals surface area contributed by atoms with Gasteiger partial charge in [0.2, 0.25) is 0 Å². The highest BCUT2D eigenvalue weighted by Gasteiger charge is 2.10. The minimum atomic E-state index is 0.874. The average Bonchev–Trinajstić information content (AvgIpc) is 2.25. The van der Waals surface area contributed by atoms with E-state index in [1.165, 1.54) is 24.0 Å². The van der Waals surface area contributed by atoms with Gasteiger partial charge in [0.1, 0.15) is 0 Å². The molecular weight excluding hydrogens is 179 g/mol. The lowest BCUT2D eigenvalue weighted by Crippen LogP contribution is -2.09. The zero-order valence-electron chi connectivity index (χ0n) is 7.66. The van der Waals surface area contributed by atoms with E-state index in [0.29, 0.717) is 0 Å². The fourth-order valence-electron chi connectivity index (χ4n) is 1.81. The van der Waals surface area contributed by atoms with Crippen molar-refractivity contribution in [3.05, 3.63) is 29.3 Å². The van der Waals surface area contributed by atoms with Crippen molar-refractivity contribution in [2.75, 3.05) is 12.3 Å². The Morgan fingerprint density at radius 2 is 2.15 bits per heavy atom. The Morgan fingerprint density at radius 1 is 1.31 bits per heavy atom. The van der Waals surface area contributed by atoms with Crippen LogP contribution in [0.3, 0.4) is 0 Å². The van der Waals surface area contributed by atoms with Gasteiger partial charge in [-0.15, -0.1) is 0 Å². The third kappa shape index (κ3) is 2.01. The molecular formula is C10H15N2P.